The number of nitrogens with one attached hydrogen (secondary N) is 1. The molecule has 1 rings (SSSR count). The van der Waals surface area contributed by atoms with Gasteiger partial charge in [-0.2, -0.15) is 0 Å². The Labute approximate surface area is 121 Å². The molecule has 0 saturated carbocycles. The van der Waals surface area contributed by atoms with E-state index in [0.717, 1.165) is 29.0 Å². The van der Waals surface area contributed by atoms with Crippen molar-refractivity contribution in [1.82, 2.24) is 5.32 Å². The number of unbranched alkanes of at least 4 members (excludes halogenated alkanes) is 3. The summed E-state index contributed by atoms with van der Waals surface area (Å²) in [6, 6.07) is 1.95. The van der Waals surface area contributed by atoms with Crippen LogP contribution in [-0.4, -0.2) is 29.8 Å². The highest BCUT2D eigenvalue weighted by Crippen LogP contribution is 2.25. The van der Waals surface area contributed by atoms with E-state index in [4.69, 9.17) is 5.11 Å². The van der Waals surface area contributed by atoms with Crippen molar-refractivity contribution in [2.24, 2.45) is 0 Å². The number of amides is 1. The summed E-state index contributed by atoms with van der Waals surface area (Å²) in [4.78, 5) is 24.0. The molecule has 1 heterocycles. The number of aliphatic carboxylic acids is 1. The highest BCUT2D eigenvalue weighted by molar-refractivity contribution is 7.98. The zero-order valence-corrected chi connectivity index (χ0v) is 12.6. The summed E-state index contributed by atoms with van der Waals surface area (Å²) in [6.45, 7) is 0.650. The first-order chi connectivity index (χ1) is 9.15. The van der Waals surface area contributed by atoms with Crippen LogP contribution in [-0.2, 0) is 4.79 Å². The van der Waals surface area contributed by atoms with Gasteiger partial charge in [0.25, 0.3) is 5.91 Å². The molecule has 0 spiro atoms. The molecule has 0 atom stereocenters. The zero-order chi connectivity index (χ0) is 14.1. The molecule has 0 unspecified atom stereocenters. The van der Waals surface area contributed by atoms with Crippen LogP contribution in [0.15, 0.2) is 16.3 Å². The van der Waals surface area contributed by atoms with Crippen molar-refractivity contribution >= 4 is 35.0 Å². The van der Waals surface area contributed by atoms with E-state index in [1.54, 1.807) is 11.8 Å². The summed E-state index contributed by atoms with van der Waals surface area (Å²) in [7, 11) is 0. The van der Waals surface area contributed by atoms with Crippen molar-refractivity contribution in [2.45, 2.75) is 37.0 Å². The lowest BCUT2D eigenvalue weighted by Crippen LogP contribution is -2.23. The molecule has 0 bridgehead atoms. The number of thiophene rings is 1. The van der Waals surface area contributed by atoms with E-state index in [1.807, 2.05) is 17.7 Å². The van der Waals surface area contributed by atoms with Crippen LogP contribution in [0.2, 0.25) is 0 Å². The molecule has 0 aromatic carbocycles. The normalized spacial score (nSPS) is 10.4. The van der Waals surface area contributed by atoms with E-state index in [1.165, 1.54) is 11.3 Å². The van der Waals surface area contributed by atoms with Crippen LogP contribution in [0, 0.1) is 0 Å². The molecule has 1 amide bonds. The minimum absolute atomic E-state index is 0.00936. The van der Waals surface area contributed by atoms with Gasteiger partial charge in [-0.15, -0.1) is 23.1 Å². The molecule has 0 aliphatic carbocycles. The first kappa shape index (κ1) is 16.0. The van der Waals surface area contributed by atoms with Gasteiger partial charge in [0, 0.05) is 17.9 Å². The van der Waals surface area contributed by atoms with Crippen molar-refractivity contribution in [2.75, 3.05) is 12.8 Å². The van der Waals surface area contributed by atoms with E-state index >= 15 is 0 Å². The van der Waals surface area contributed by atoms with Gasteiger partial charge in [0.05, 0.1) is 0 Å². The third-order valence-corrected chi connectivity index (χ3v) is 4.48. The predicted octanol–water partition coefficient (Wildman–Crippen LogP) is 3.23. The average molecular weight is 301 g/mol. The molecule has 2 N–H and O–H groups in total. The van der Waals surface area contributed by atoms with E-state index in [2.05, 4.69) is 5.32 Å². The average Bonchev–Trinajstić information content (AvgIpc) is 2.85. The summed E-state index contributed by atoms with van der Waals surface area (Å²) in [5, 5.41) is 13.3. The number of carbonyl (C=O) groups excluding carboxylic acids is 1. The van der Waals surface area contributed by atoms with E-state index < -0.39 is 5.97 Å². The highest BCUT2D eigenvalue weighted by Gasteiger charge is 2.11. The minimum atomic E-state index is -0.740. The Morgan fingerprint density at radius 2 is 2.05 bits per heavy atom. The summed E-state index contributed by atoms with van der Waals surface area (Å²) >= 11 is 3.04. The molecule has 1 aromatic heterocycles. The van der Waals surface area contributed by atoms with Crippen LogP contribution in [0.4, 0.5) is 0 Å². The van der Waals surface area contributed by atoms with Crippen LogP contribution in [0.25, 0.3) is 0 Å². The van der Waals surface area contributed by atoms with Gasteiger partial charge < -0.3 is 10.4 Å². The van der Waals surface area contributed by atoms with Gasteiger partial charge in [-0.1, -0.05) is 12.8 Å². The molecule has 0 radical (unpaired) electrons. The molecular weight excluding hydrogens is 282 g/mol. The highest BCUT2D eigenvalue weighted by atomic mass is 32.2. The van der Waals surface area contributed by atoms with Gasteiger partial charge in [-0.3, -0.25) is 9.59 Å². The number of carbonyl (C=O) groups is 2. The lowest BCUT2D eigenvalue weighted by atomic mass is 10.1. The molecule has 4 nitrogen and oxygen atoms in total. The van der Waals surface area contributed by atoms with Crippen LogP contribution in [0.3, 0.4) is 0 Å². The third kappa shape index (κ3) is 6.11. The second-order valence-electron chi connectivity index (χ2n) is 4.13. The lowest BCUT2D eigenvalue weighted by Gasteiger charge is -2.04. The molecule has 1 aromatic rings. The van der Waals surface area contributed by atoms with E-state index in [-0.39, 0.29) is 12.3 Å². The van der Waals surface area contributed by atoms with Crippen LogP contribution in [0.5, 0.6) is 0 Å². The number of hydrogen-bond donors (Lipinski definition) is 2. The maximum Gasteiger partial charge on any atom is 0.303 e. The lowest BCUT2D eigenvalue weighted by molar-refractivity contribution is -0.137. The van der Waals surface area contributed by atoms with Crippen molar-refractivity contribution < 1.29 is 14.7 Å². The summed E-state index contributed by atoms with van der Waals surface area (Å²) in [6.07, 6.45) is 5.65. The molecular formula is C13H19NO3S2. The largest absolute Gasteiger partial charge is 0.481 e. The molecule has 0 aliphatic heterocycles. The third-order valence-electron chi connectivity index (χ3n) is 2.66. The van der Waals surface area contributed by atoms with Gasteiger partial charge in [-0.05, 0) is 30.5 Å². The van der Waals surface area contributed by atoms with Gasteiger partial charge in [0.2, 0.25) is 0 Å². The van der Waals surface area contributed by atoms with Crippen LogP contribution >= 0.6 is 23.1 Å². The Hall–Kier alpha value is -1.01. The standard InChI is InChI=1S/C13H19NO3S2/c1-18-10-7-9-19-12(10)13(17)14-8-5-3-2-4-6-11(15)16/h7,9H,2-6,8H2,1H3,(H,14,17)(H,15,16). The van der Waals surface area contributed by atoms with Gasteiger partial charge >= 0.3 is 5.97 Å². The predicted molar refractivity (Wildman–Crippen MR) is 79.2 cm³/mol. The number of carboxylic acids is 1. The number of carboxylic acid groups (broad SMARTS) is 1. The fourth-order valence-electron chi connectivity index (χ4n) is 1.66. The molecule has 0 saturated heterocycles. The molecule has 0 fully saturated rings. The quantitative estimate of drug-likeness (QED) is 0.543. The second-order valence-corrected chi connectivity index (χ2v) is 5.90. The van der Waals surface area contributed by atoms with Crippen LogP contribution < -0.4 is 5.32 Å². The number of thioether (sulfide) groups is 1. The Morgan fingerprint density at radius 3 is 2.74 bits per heavy atom. The first-order valence-corrected chi connectivity index (χ1v) is 8.37. The molecule has 0 aliphatic rings. The number of rotatable bonds is 9. The minimum Gasteiger partial charge on any atom is -0.481 e. The van der Waals surface area contributed by atoms with Crippen LogP contribution in [0.1, 0.15) is 41.8 Å². The van der Waals surface area contributed by atoms with Crippen molar-refractivity contribution in [1.29, 1.82) is 0 Å². The second kappa shape index (κ2) is 8.98. The molecule has 106 valence electrons. The Morgan fingerprint density at radius 1 is 1.32 bits per heavy atom. The Bertz CT molecular complexity index is 418. The first-order valence-electron chi connectivity index (χ1n) is 6.26. The SMILES string of the molecule is CSc1ccsc1C(=O)NCCCCCCC(=O)O. The van der Waals surface area contributed by atoms with Gasteiger partial charge in [-0.25, -0.2) is 0 Å². The maximum atomic E-state index is 11.9. The van der Waals surface area contributed by atoms with E-state index in [0.29, 0.717) is 13.0 Å². The maximum absolute atomic E-state index is 11.9. The van der Waals surface area contributed by atoms with Gasteiger partial charge in [0.1, 0.15) is 4.88 Å². The molecule has 19 heavy (non-hydrogen) atoms. The zero-order valence-electron chi connectivity index (χ0n) is 11.0. The Kier molecular flexibility index (Phi) is 7.59. The fraction of sp³-hybridized carbons (Fsp3) is 0.538. The smallest absolute Gasteiger partial charge is 0.303 e. The number of hydrogen-bond acceptors (Lipinski definition) is 4. The summed E-state index contributed by atoms with van der Waals surface area (Å²) in [5.41, 5.74) is 0. The van der Waals surface area contributed by atoms with E-state index in [9.17, 15) is 9.59 Å². The monoisotopic (exact) mass is 301 g/mol. The van der Waals surface area contributed by atoms with Crippen molar-refractivity contribution in [3.63, 3.8) is 0 Å². The summed E-state index contributed by atoms with van der Waals surface area (Å²) in [5.74, 6) is -0.750. The van der Waals surface area contributed by atoms with Crippen molar-refractivity contribution in [3.05, 3.63) is 16.3 Å². The summed E-state index contributed by atoms with van der Waals surface area (Å²) < 4.78 is 0. The van der Waals surface area contributed by atoms with Crippen molar-refractivity contribution in [3.8, 4) is 0 Å². The Balaban J connectivity index is 2.13. The fourth-order valence-corrected chi connectivity index (χ4v) is 3.33. The van der Waals surface area contributed by atoms with Gasteiger partial charge in [0.15, 0.2) is 0 Å². The molecule has 6 heteroatoms. The topological polar surface area (TPSA) is 66.4 Å².